The van der Waals surface area contributed by atoms with Gasteiger partial charge in [0.05, 0.1) is 32.9 Å². The molecule has 2 rings (SSSR count). The molecule has 1 N–H and O–H groups in total. The number of likely N-dealkylation sites (N-methyl/N-ethyl adjacent to an activating group) is 1. The Labute approximate surface area is 127 Å². The smallest absolute Gasteiger partial charge is 0.282 e. The quantitative estimate of drug-likeness (QED) is 0.847. The Morgan fingerprint density at radius 3 is 2.52 bits per heavy atom. The van der Waals surface area contributed by atoms with Gasteiger partial charge in [0.2, 0.25) is 0 Å². The minimum Gasteiger partial charge on any atom is -0.495 e. The van der Waals surface area contributed by atoms with Crippen molar-refractivity contribution in [1.29, 1.82) is 0 Å². The first-order chi connectivity index (χ1) is 9.96. The van der Waals surface area contributed by atoms with Gasteiger partial charge < -0.3 is 14.5 Å². The third kappa shape index (κ3) is 3.38. The maximum atomic E-state index is 12.6. The van der Waals surface area contributed by atoms with E-state index in [1.807, 2.05) is 31.2 Å². The molecule has 0 spiro atoms. The van der Waals surface area contributed by atoms with Gasteiger partial charge >= 0.3 is 0 Å². The number of quaternary nitrogens is 1. The van der Waals surface area contributed by atoms with Crippen molar-refractivity contribution in [2.75, 3.05) is 26.5 Å². The monoisotopic (exact) mass is 291 g/mol. The summed E-state index contributed by atoms with van der Waals surface area (Å²) in [6.45, 7) is 2.02. The van der Waals surface area contributed by atoms with Gasteiger partial charge in [-0.2, -0.15) is 0 Å². The zero-order valence-electron chi connectivity index (χ0n) is 13.6. The van der Waals surface area contributed by atoms with Gasteiger partial charge in [-0.05, 0) is 44.7 Å². The molecule has 0 aliphatic heterocycles. The number of carbonyl (C=O) groups excluding carboxylic acids is 1. The summed E-state index contributed by atoms with van der Waals surface area (Å²) in [4.78, 5) is 12.6. The molecule has 4 nitrogen and oxygen atoms in total. The number of methoxy groups -OCH3 is 1. The van der Waals surface area contributed by atoms with Gasteiger partial charge in [-0.3, -0.25) is 4.79 Å². The van der Waals surface area contributed by atoms with Crippen LogP contribution in [0.2, 0.25) is 0 Å². The lowest BCUT2D eigenvalue weighted by molar-refractivity contribution is -0.927. The molecule has 1 amide bonds. The van der Waals surface area contributed by atoms with Crippen LogP contribution in [0.5, 0.6) is 5.75 Å². The first kappa shape index (κ1) is 15.8. The summed E-state index contributed by atoms with van der Waals surface area (Å²) in [5.41, 5.74) is 0.739. The van der Waals surface area contributed by atoms with Crippen molar-refractivity contribution in [1.82, 2.24) is 0 Å². The van der Waals surface area contributed by atoms with Crippen LogP contribution in [0.4, 0.5) is 5.69 Å². The lowest BCUT2D eigenvalue weighted by atomic mass is 10.1. The average Bonchev–Trinajstić information content (AvgIpc) is 3.02. The Balaban J connectivity index is 2.08. The highest BCUT2D eigenvalue weighted by Crippen LogP contribution is 2.30. The number of anilines is 1. The van der Waals surface area contributed by atoms with Gasteiger partial charge in [-0.15, -0.1) is 0 Å². The Kier molecular flexibility index (Phi) is 4.88. The molecule has 0 aromatic heterocycles. The van der Waals surface area contributed by atoms with Gasteiger partial charge in [0.1, 0.15) is 5.75 Å². The van der Waals surface area contributed by atoms with Crippen LogP contribution in [-0.2, 0) is 4.79 Å². The van der Waals surface area contributed by atoms with Crippen molar-refractivity contribution in [2.24, 2.45) is 0 Å². The Morgan fingerprint density at radius 2 is 1.90 bits per heavy atom. The van der Waals surface area contributed by atoms with Gasteiger partial charge in [0, 0.05) is 0 Å². The molecule has 1 aromatic carbocycles. The van der Waals surface area contributed by atoms with E-state index >= 15 is 0 Å². The standard InChI is InChI=1S/C17H26N2O2/c1-13(19(2,3)14-9-5-6-10-14)17(20)18-15-11-7-8-12-16(15)21-4/h7-8,11-14H,5-6,9-10H2,1-4H3/p+1/t13-/m1/s1. The molecule has 0 heterocycles. The fourth-order valence-corrected chi connectivity index (χ4v) is 3.17. The van der Waals surface area contributed by atoms with Crippen molar-refractivity contribution in [3.8, 4) is 5.75 Å². The first-order valence-corrected chi connectivity index (χ1v) is 7.74. The molecule has 116 valence electrons. The van der Waals surface area contributed by atoms with E-state index in [9.17, 15) is 4.79 Å². The molecular weight excluding hydrogens is 264 g/mol. The summed E-state index contributed by atoms with van der Waals surface area (Å²) in [6, 6.07) is 8.04. The second kappa shape index (κ2) is 6.48. The molecule has 1 fully saturated rings. The second-order valence-corrected chi connectivity index (χ2v) is 6.43. The predicted molar refractivity (Wildman–Crippen MR) is 85.5 cm³/mol. The third-order valence-electron chi connectivity index (χ3n) is 5.01. The largest absolute Gasteiger partial charge is 0.495 e. The average molecular weight is 291 g/mol. The zero-order chi connectivity index (χ0) is 15.5. The van der Waals surface area contributed by atoms with Crippen molar-refractivity contribution < 1.29 is 14.0 Å². The lowest BCUT2D eigenvalue weighted by Crippen LogP contribution is -2.58. The number of hydrogen-bond acceptors (Lipinski definition) is 2. The molecule has 0 unspecified atom stereocenters. The van der Waals surface area contributed by atoms with Crippen LogP contribution in [0.1, 0.15) is 32.6 Å². The van der Waals surface area contributed by atoms with E-state index in [0.717, 1.165) is 10.2 Å². The maximum Gasteiger partial charge on any atom is 0.282 e. The lowest BCUT2D eigenvalue weighted by Gasteiger charge is -2.40. The number of benzene rings is 1. The van der Waals surface area contributed by atoms with Gasteiger partial charge in [-0.1, -0.05) is 12.1 Å². The van der Waals surface area contributed by atoms with E-state index < -0.39 is 0 Å². The first-order valence-electron chi connectivity index (χ1n) is 7.74. The van der Waals surface area contributed by atoms with Crippen LogP contribution in [0, 0.1) is 0 Å². The second-order valence-electron chi connectivity index (χ2n) is 6.43. The molecule has 0 radical (unpaired) electrons. The number of ether oxygens (including phenoxy) is 1. The highest BCUT2D eigenvalue weighted by molar-refractivity contribution is 5.95. The summed E-state index contributed by atoms with van der Waals surface area (Å²) >= 11 is 0. The molecular formula is C17H27N2O2+. The van der Waals surface area contributed by atoms with Crippen molar-refractivity contribution in [3.63, 3.8) is 0 Å². The van der Waals surface area contributed by atoms with E-state index in [1.54, 1.807) is 7.11 Å². The van der Waals surface area contributed by atoms with E-state index in [1.165, 1.54) is 25.7 Å². The number of para-hydroxylation sites is 2. The SMILES string of the molecule is COc1ccccc1NC(=O)[C@@H](C)[N+](C)(C)C1CCCC1. The third-order valence-corrected chi connectivity index (χ3v) is 5.01. The summed E-state index contributed by atoms with van der Waals surface area (Å²) in [6.07, 6.45) is 5.01. The topological polar surface area (TPSA) is 38.3 Å². The molecule has 21 heavy (non-hydrogen) atoms. The predicted octanol–water partition coefficient (Wildman–Crippen LogP) is 3.04. The van der Waals surface area contributed by atoms with E-state index in [-0.39, 0.29) is 11.9 Å². The molecule has 0 bridgehead atoms. The fourth-order valence-electron chi connectivity index (χ4n) is 3.17. The number of amides is 1. The van der Waals surface area contributed by atoms with Crippen molar-refractivity contribution in [2.45, 2.75) is 44.7 Å². The van der Waals surface area contributed by atoms with Crippen molar-refractivity contribution in [3.05, 3.63) is 24.3 Å². The number of rotatable bonds is 5. The zero-order valence-corrected chi connectivity index (χ0v) is 13.6. The molecule has 1 aliphatic carbocycles. The van der Waals surface area contributed by atoms with E-state index in [2.05, 4.69) is 19.4 Å². The van der Waals surface area contributed by atoms with Crippen LogP contribution in [0.3, 0.4) is 0 Å². The number of nitrogens with one attached hydrogen (secondary N) is 1. The minimum atomic E-state index is -0.0852. The normalized spacial score (nSPS) is 17.5. The summed E-state index contributed by atoms with van der Waals surface area (Å²) in [5.74, 6) is 0.751. The number of hydrogen-bond donors (Lipinski definition) is 1. The van der Waals surface area contributed by atoms with E-state index in [4.69, 9.17) is 4.74 Å². The van der Waals surface area contributed by atoms with Gasteiger partial charge in [0.15, 0.2) is 6.04 Å². The van der Waals surface area contributed by atoms with Crippen LogP contribution in [0.15, 0.2) is 24.3 Å². The summed E-state index contributed by atoms with van der Waals surface area (Å²) in [5, 5.41) is 3.01. The van der Waals surface area contributed by atoms with Crippen LogP contribution < -0.4 is 10.1 Å². The summed E-state index contributed by atoms with van der Waals surface area (Å²) in [7, 11) is 5.96. The maximum absolute atomic E-state index is 12.6. The number of nitrogens with zero attached hydrogens (tertiary/aromatic N) is 1. The van der Waals surface area contributed by atoms with Crippen LogP contribution >= 0.6 is 0 Å². The van der Waals surface area contributed by atoms with Crippen LogP contribution in [-0.4, -0.2) is 43.7 Å². The van der Waals surface area contributed by atoms with Crippen molar-refractivity contribution >= 4 is 11.6 Å². The molecule has 1 atom stereocenters. The highest BCUT2D eigenvalue weighted by atomic mass is 16.5. The molecule has 1 aromatic rings. The fraction of sp³-hybridized carbons (Fsp3) is 0.588. The molecule has 1 saturated carbocycles. The van der Waals surface area contributed by atoms with Crippen LogP contribution in [0.25, 0.3) is 0 Å². The molecule has 1 aliphatic rings. The van der Waals surface area contributed by atoms with Gasteiger partial charge in [-0.25, -0.2) is 0 Å². The number of carbonyl (C=O) groups is 1. The minimum absolute atomic E-state index is 0.0522. The van der Waals surface area contributed by atoms with E-state index in [0.29, 0.717) is 11.8 Å². The highest BCUT2D eigenvalue weighted by Gasteiger charge is 2.39. The summed E-state index contributed by atoms with van der Waals surface area (Å²) < 4.78 is 6.04. The van der Waals surface area contributed by atoms with Gasteiger partial charge in [0.25, 0.3) is 5.91 Å². The molecule has 0 saturated heterocycles. The Hall–Kier alpha value is -1.55. The Morgan fingerprint density at radius 1 is 1.29 bits per heavy atom. The Bertz CT molecular complexity index is 493. The molecule has 4 heteroatoms.